The Morgan fingerprint density at radius 3 is 2.60 bits per heavy atom. The third kappa shape index (κ3) is 6.20. The number of hydrogen-bond donors (Lipinski definition) is 2. The lowest BCUT2D eigenvalue weighted by Crippen LogP contribution is -2.34. The minimum Gasteiger partial charge on any atom is -0.493 e. The molecule has 0 heterocycles. The van der Waals surface area contributed by atoms with E-state index in [1.165, 1.54) is 0 Å². The molecule has 0 fully saturated rings. The summed E-state index contributed by atoms with van der Waals surface area (Å²) in [6, 6.07) is 11.9. The van der Waals surface area contributed by atoms with Crippen LogP contribution in [0.2, 0.25) is 10.0 Å². The maximum absolute atomic E-state index is 12.3. The van der Waals surface area contributed by atoms with Crippen molar-refractivity contribution in [2.45, 2.75) is 13.8 Å². The second kappa shape index (κ2) is 9.04. The summed E-state index contributed by atoms with van der Waals surface area (Å²) in [5.41, 5.74) is 1.09. The average Bonchev–Trinajstić information content (AvgIpc) is 2.56. The number of thiocarbonyl (C=S) groups is 1. The van der Waals surface area contributed by atoms with Crippen molar-refractivity contribution in [3.63, 3.8) is 0 Å². The normalized spacial score (nSPS) is 10.4. The quantitative estimate of drug-likeness (QED) is 0.685. The van der Waals surface area contributed by atoms with Gasteiger partial charge in [0.1, 0.15) is 5.75 Å². The first kappa shape index (κ1) is 19.5. The Bertz CT molecular complexity index is 781. The van der Waals surface area contributed by atoms with Crippen molar-refractivity contribution in [3.8, 4) is 5.75 Å². The van der Waals surface area contributed by atoms with Gasteiger partial charge in [0.15, 0.2) is 5.11 Å². The minimum absolute atomic E-state index is 0.164. The molecule has 0 atom stereocenters. The largest absolute Gasteiger partial charge is 0.493 e. The number of hydrogen-bond acceptors (Lipinski definition) is 3. The molecule has 2 aromatic carbocycles. The van der Waals surface area contributed by atoms with Crippen LogP contribution in [0.4, 0.5) is 5.69 Å². The van der Waals surface area contributed by atoms with Gasteiger partial charge in [-0.25, -0.2) is 0 Å². The first-order valence-corrected chi connectivity index (χ1v) is 8.82. The minimum atomic E-state index is -0.326. The molecule has 0 saturated heterocycles. The summed E-state index contributed by atoms with van der Waals surface area (Å²) in [7, 11) is 0. The SMILES string of the molecule is CC(C)COc1cccc(C(=O)NC(=S)Nc2ccc(Cl)c(Cl)c2)c1. The fourth-order valence-electron chi connectivity index (χ4n) is 1.90. The number of carbonyl (C=O) groups is 1. The number of amides is 1. The van der Waals surface area contributed by atoms with E-state index in [1.54, 1.807) is 36.4 Å². The van der Waals surface area contributed by atoms with E-state index in [0.29, 0.717) is 39.6 Å². The van der Waals surface area contributed by atoms with Gasteiger partial charge in [-0.3, -0.25) is 10.1 Å². The molecular formula is C18H18Cl2N2O2S. The van der Waals surface area contributed by atoms with Crippen LogP contribution < -0.4 is 15.4 Å². The van der Waals surface area contributed by atoms with E-state index in [4.69, 9.17) is 40.2 Å². The Kier molecular flexibility index (Phi) is 7.05. The van der Waals surface area contributed by atoms with E-state index in [-0.39, 0.29) is 11.0 Å². The predicted octanol–water partition coefficient (Wildman–Crippen LogP) is 5.16. The van der Waals surface area contributed by atoms with E-state index >= 15 is 0 Å². The Labute approximate surface area is 162 Å². The lowest BCUT2D eigenvalue weighted by molar-refractivity contribution is 0.0977. The van der Waals surface area contributed by atoms with Gasteiger partial charge in [-0.15, -0.1) is 0 Å². The summed E-state index contributed by atoms with van der Waals surface area (Å²) in [6.07, 6.45) is 0. The van der Waals surface area contributed by atoms with Crippen molar-refractivity contribution in [3.05, 3.63) is 58.1 Å². The molecule has 0 aromatic heterocycles. The molecule has 25 heavy (non-hydrogen) atoms. The molecule has 2 N–H and O–H groups in total. The van der Waals surface area contributed by atoms with Gasteiger partial charge in [0.05, 0.1) is 16.7 Å². The monoisotopic (exact) mass is 396 g/mol. The van der Waals surface area contributed by atoms with E-state index < -0.39 is 0 Å². The molecule has 0 aliphatic heterocycles. The molecular weight excluding hydrogens is 379 g/mol. The van der Waals surface area contributed by atoms with Gasteiger partial charge < -0.3 is 10.1 Å². The molecule has 0 saturated carbocycles. The van der Waals surface area contributed by atoms with E-state index in [2.05, 4.69) is 24.5 Å². The fraction of sp³-hybridized carbons (Fsp3) is 0.222. The zero-order valence-corrected chi connectivity index (χ0v) is 16.1. The van der Waals surface area contributed by atoms with Crippen LogP contribution in [0.5, 0.6) is 5.75 Å². The van der Waals surface area contributed by atoms with Crippen molar-refractivity contribution >= 4 is 52.1 Å². The molecule has 7 heteroatoms. The molecule has 0 unspecified atom stereocenters. The van der Waals surface area contributed by atoms with Crippen LogP contribution in [0.3, 0.4) is 0 Å². The zero-order valence-electron chi connectivity index (χ0n) is 13.8. The van der Waals surface area contributed by atoms with Crippen molar-refractivity contribution in [1.82, 2.24) is 5.32 Å². The molecule has 4 nitrogen and oxygen atoms in total. The second-order valence-corrected chi connectivity index (χ2v) is 6.99. The lowest BCUT2D eigenvalue weighted by atomic mass is 10.2. The van der Waals surface area contributed by atoms with Crippen molar-refractivity contribution in [2.24, 2.45) is 5.92 Å². The highest BCUT2D eigenvalue weighted by molar-refractivity contribution is 7.80. The molecule has 0 spiro atoms. The van der Waals surface area contributed by atoms with Gasteiger partial charge >= 0.3 is 0 Å². The summed E-state index contributed by atoms with van der Waals surface area (Å²) < 4.78 is 5.63. The van der Waals surface area contributed by atoms with Crippen molar-refractivity contribution < 1.29 is 9.53 Å². The number of halogens is 2. The van der Waals surface area contributed by atoms with E-state index in [1.807, 2.05) is 6.07 Å². The molecule has 0 radical (unpaired) electrons. The summed E-state index contributed by atoms with van der Waals surface area (Å²) in [6.45, 7) is 4.70. The topological polar surface area (TPSA) is 50.4 Å². The van der Waals surface area contributed by atoms with Gasteiger partial charge in [-0.05, 0) is 54.5 Å². The highest BCUT2D eigenvalue weighted by Gasteiger charge is 2.10. The Morgan fingerprint density at radius 2 is 1.92 bits per heavy atom. The number of ether oxygens (including phenoxy) is 1. The molecule has 2 aromatic rings. The highest BCUT2D eigenvalue weighted by atomic mass is 35.5. The second-order valence-electron chi connectivity index (χ2n) is 5.77. The van der Waals surface area contributed by atoms with Gasteiger partial charge in [0.2, 0.25) is 0 Å². The third-order valence-corrected chi connectivity index (χ3v) is 4.03. The average molecular weight is 397 g/mol. The number of rotatable bonds is 5. The van der Waals surface area contributed by atoms with E-state index in [9.17, 15) is 4.79 Å². The lowest BCUT2D eigenvalue weighted by Gasteiger charge is -2.12. The summed E-state index contributed by atoms with van der Waals surface area (Å²) in [5.74, 6) is 0.720. The third-order valence-electron chi connectivity index (χ3n) is 3.08. The van der Waals surface area contributed by atoms with Crippen LogP contribution in [-0.2, 0) is 0 Å². The summed E-state index contributed by atoms with van der Waals surface area (Å²) >= 11 is 17.0. The van der Waals surface area contributed by atoms with Crippen LogP contribution in [0.25, 0.3) is 0 Å². The predicted molar refractivity (Wildman–Crippen MR) is 107 cm³/mol. The zero-order chi connectivity index (χ0) is 18.4. The maximum atomic E-state index is 12.3. The standard InChI is InChI=1S/C18H18Cl2N2O2S/c1-11(2)10-24-14-5-3-4-12(8-14)17(23)22-18(25)21-13-6-7-15(19)16(20)9-13/h3-9,11H,10H2,1-2H3,(H2,21,22,23,25). The Balaban J connectivity index is 1.97. The van der Waals surface area contributed by atoms with Crippen LogP contribution in [0.15, 0.2) is 42.5 Å². The van der Waals surface area contributed by atoms with Gasteiger partial charge in [-0.1, -0.05) is 43.1 Å². The number of anilines is 1. The first-order chi connectivity index (χ1) is 11.8. The number of nitrogens with one attached hydrogen (secondary N) is 2. The molecule has 1 amide bonds. The van der Waals surface area contributed by atoms with Gasteiger partial charge in [0, 0.05) is 11.3 Å². The number of carbonyl (C=O) groups excluding carboxylic acids is 1. The molecule has 0 bridgehead atoms. The van der Waals surface area contributed by atoms with Crippen LogP contribution in [0, 0.1) is 5.92 Å². The van der Waals surface area contributed by atoms with Crippen LogP contribution in [0.1, 0.15) is 24.2 Å². The van der Waals surface area contributed by atoms with Crippen molar-refractivity contribution in [1.29, 1.82) is 0 Å². The molecule has 132 valence electrons. The van der Waals surface area contributed by atoms with Crippen LogP contribution >= 0.6 is 35.4 Å². The molecule has 0 aliphatic carbocycles. The summed E-state index contributed by atoms with van der Waals surface area (Å²) in [4.78, 5) is 12.3. The molecule has 0 aliphatic rings. The smallest absolute Gasteiger partial charge is 0.257 e. The van der Waals surface area contributed by atoms with Gasteiger partial charge in [0.25, 0.3) is 5.91 Å². The number of benzene rings is 2. The van der Waals surface area contributed by atoms with Gasteiger partial charge in [-0.2, -0.15) is 0 Å². The molecule has 2 rings (SSSR count). The fourth-order valence-corrected chi connectivity index (χ4v) is 2.41. The maximum Gasteiger partial charge on any atom is 0.257 e. The Hall–Kier alpha value is -1.82. The summed E-state index contributed by atoms with van der Waals surface area (Å²) in [5, 5.41) is 6.52. The highest BCUT2D eigenvalue weighted by Crippen LogP contribution is 2.25. The van der Waals surface area contributed by atoms with Crippen LogP contribution in [-0.4, -0.2) is 17.6 Å². The Morgan fingerprint density at radius 1 is 1.16 bits per heavy atom. The van der Waals surface area contributed by atoms with Crippen molar-refractivity contribution in [2.75, 3.05) is 11.9 Å². The van der Waals surface area contributed by atoms with E-state index in [0.717, 1.165) is 0 Å². The first-order valence-electron chi connectivity index (χ1n) is 7.65.